The number of aromatic amines is 1. The largest absolute Gasteiger partial charge is 0.335 e. The van der Waals surface area contributed by atoms with E-state index in [0.29, 0.717) is 5.69 Å². The fourth-order valence-electron chi connectivity index (χ4n) is 2.55. The van der Waals surface area contributed by atoms with Crippen LogP contribution in [-0.4, -0.2) is 20.3 Å². The highest BCUT2D eigenvalue weighted by Gasteiger charge is 2.11. The third-order valence-corrected chi connectivity index (χ3v) is 4.38. The zero-order valence-electron chi connectivity index (χ0n) is 11.9. The summed E-state index contributed by atoms with van der Waals surface area (Å²) in [6.07, 6.45) is 1.78. The Morgan fingerprint density at radius 3 is 2.91 bits per heavy atom. The standard InChI is InChI=1S/C17H13N3OS/c1-11(21)15-8-16-17(19-15)18-10-20(16)14-4-2-3-12(7-14)13-5-6-22-9-13/h2-10,19H,1H3. The lowest BCUT2D eigenvalue weighted by atomic mass is 10.1. The van der Waals surface area contributed by atoms with Gasteiger partial charge in [0.15, 0.2) is 11.4 Å². The number of carbonyl (C=O) groups excluding carboxylic acids is 1. The van der Waals surface area contributed by atoms with Crippen molar-refractivity contribution in [2.24, 2.45) is 0 Å². The van der Waals surface area contributed by atoms with Crippen molar-refractivity contribution in [3.8, 4) is 16.8 Å². The number of Topliss-reactive ketones (excluding diaryl/α,β-unsaturated/α-hetero) is 1. The molecular weight excluding hydrogens is 294 g/mol. The first-order valence-electron chi connectivity index (χ1n) is 6.92. The molecule has 0 amide bonds. The van der Waals surface area contributed by atoms with Crippen molar-refractivity contribution in [1.29, 1.82) is 0 Å². The average Bonchev–Trinajstić information content (AvgIpc) is 3.23. The first-order valence-corrected chi connectivity index (χ1v) is 7.86. The Balaban J connectivity index is 1.85. The number of hydrogen-bond acceptors (Lipinski definition) is 3. The molecule has 0 saturated carbocycles. The van der Waals surface area contributed by atoms with E-state index in [1.165, 1.54) is 11.1 Å². The first kappa shape index (κ1) is 13.0. The number of nitrogens with one attached hydrogen (secondary N) is 1. The van der Waals surface area contributed by atoms with Gasteiger partial charge in [-0.2, -0.15) is 11.3 Å². The normalized spacial score (nSPS) is 11.1. The van der Waals surface area contributed by atoms with Crippen LogP contribution >= 0.6 is 11.3 Å². The van der Waals surface area contributed by atoms with Crippen LogP contribution in [0.1, 0.15) is 17.4 Å². The van der Waals surface area contributed by atoms with Gasteiger partial charge in [0, 0.05) is 12.6 Å². The molecule has 4 nitrogen and oxygen atoms in total. The molecule has 0 spiro atoms. The van der Waals surface area contributed by atoms with Gasteiger partial charge in [-0.05, 0) is 46.2 Å². The van der Waals surface area contributed by atoms with Crippen LogP contribution in [0.3, 0.4) is 0 Å². The maximum absolute atomic E-state index is 11.5. The molecule has 0 radical (unpaired) electrons. The molecule has 0 atom stereocenters. The van der Waals surface area contributed by atoms with Gasteiger partial charge < -0.3 is 4.98 Å². The summed E-state index contributed by atoms with van der Waals surface area (Å²) in [5, 5.41) is 4.20. The van der Waals surface area contributed by atoms with Gasteiger partial charge in [0.1, 0.15) is 6.33 Å². The summed E-state index contributed by atoms with van der Waals surface area (Å²) < 4.78 is 1.99. The molecule has 0 bridgehead atoms. The SMILES string of the molecule is CC(=O)c1cc2c(ncn2-c2cccc(-c3ccsc3)c2)[nH]1. The van der Waals surface area contributed by atoms with Gasteiger partial charge >= 0.3 is 0 Å². The molecule has 3 aromatic heterocycles. The second kappa shape index (κ2) is 4.96. The molecular formula is C17H13N3OS. The van der Waals surface area contributed by atoms with Crippen molar-refractivity contribution in [1.82, 2.24) is 14.5 Å². The van der Waals surface area contributed by atoms with Crippen molar-refractivity contribution >= 4 is 28.3 Å². The second-order valence-electron chi connectivity index (χ2n) is 5.15. The van der Waals surface area contributed by atoms with E-state index in [4.69, 9.17) is 0 Å². The van der Waals surface area contributed by atoms with Crippen LogP contribution < -0.4 is 0 Å². The van der Waals surface area contributed by atoms with E-state index in [1.807, 2.05) is 22.8 Å². The van der Waals surface area contributed by atoms with Gasteiger partial charge in [-0.1, -0.05) is 12.1 Å². The molecule has 0 aliphatic carbocycles. The number of hydrogen-bond donors (Lipinski definition) is 1. The molecule has 4 rings (SSSR count). The number of benzene rings is 1. The Morgan fingerprint density at radius 2 is 2.14 bits per heavy atom. The summed E-state index contributed by atoms with van der Waals surface area (Å²) >= 11 is 1.69. The zero-order valence-corrected chi connectivity index (χ0v) is 12.7. The van der Waals surface area contributed by atoms with Gasteiger partial charge in [0.25, 0.3) is 0 Å². The van der Waals surface area contributed by atoms with Crippen LogP contribution in [0.2, 0.25) is 0 Å². The quantitative estimate of drug-likeness (QED) is 0.574. The van der Waals surface area contributed by atoms with E-state index in [2.05, 4.69) is 38.9 Å². The van der Waals surface area contributed by atoms with E-state index in [1.54, 1.807) is 24.6 Å². The number of fused-ring (bicyclic) bond motifs is 1. The molecule has 0 aliphatic heterocycles. The highest BCUT2D eigenvalue weighted by molar-refractivity contribution is 7.08. The third kappa shape index (κ3) is 2.07. The number of imidazole rings is 1. The number of rotatable bonds is 3. The lowest BCUT2D eigenvalue weighted by Crippen LogP contribution is -1.93. The molecule has 0 aliphatic rings. The first-order chi connectivity index (χ1) is 10.7. The van der Waals surface area contributed by atoms with E-state index in [9.17, 15) is 4.79 Å². The van der Waals surface area contributed by atoms with Crippen LogP contribution in [0.15, 0.2) is 53.5 Å². The minimum absolute atomic E-state index is 0.0107. The number of H-pyrrole nitrogens is 1. The Hall–Kier alpha value is -2.66. The van der Waals surface area contributed by atoms with Crippen molar-refractivity contribution in [2.45, 2.75) is 6.92 Å². The summed E-state index contributed by atoms with van der Waals surface area (Å²) in [7, 11) is 0. The van der Waals surface area contributed by atoms with Crippen molar-refractivity contribution in [3.63, 3.8) is 0 Å². The van der Waals surface area contributed by atoms with Gasteiger partial charge in [-0.25, -0.2) is 4.98 Å². The number of ketones is 1. The molecule has 3 heterocycles. The highest BCUT2D eigenvalue weighted by Crippen LogP contribution is 2.26. The smallest absolute Gasteiger partial charge is 0.176 e. The van der Waals surface area contributed by atoms with Crippen molar-refractivity contribution in [2.75, 3.05) is 0 Å². The summed E-state index contributed by atoms with van der Waals surface area (Å²) in [4.78, 5) is 18.9. The highest BCUT2D eigenvalue weighted by atomic mass is 32.1. The molecule has 0 fully saturated rings. The number of thiophene rings is 1. The molecule has 1 aromatic carbocycles. The summed E-state index contributed by atoms with van der Waals surface area (Å²) in [5.41, 5.74) is 5.63. The summed E-state index contributed by atoms with van der Waals surface area (Å²) in [5.74, 6) is 0.0107. The van der Waals surface area contributed by atoms with Crippen LogP contribution in [0.5, 0.6) is 0 Å². The number of aromatic nitrogens is 3. The average molecular weight is 307 g/mol. The molecule has 0 saturated heterocycles. The fourth-order valence-corrected chi connectivity index (χ4v) is 3.22. The van der Waals surface area contributed by atoms with E-state index in [0.717, 1.165) is 16.9 Å². The fraction of sp³-hybridized carbons (Fsp3) is 0.0588. The van der Waals surface area contributed by atoms with Crippen LogP contribution in [0.4, 0.5) is 0 Å². The Morgan fingerprint density at radius 1 is 1.23 bits per heavy atom. The maximum atomic E-state index is 11.5. The third-order valence-electron chi connectivity index (χ3n) is 3.70. The lowest BCUT2D eigenvalue weighted by molar-refractivity contribution is 0.101. The molecule has 4 aromatic rings. The molecule has 108 valence electrons. The Labute approximate surface area is 131 Å². The molecule has 1 N–H and O–H groups in total. The van der Waals surface area contributed by atoms with Crippen LogP contribution in [-0.2, 0) is 0 Å². The van der Waals surface area contributed by atoms with Crippen molar-refractivity contribution in [3.05, 3.63) is 59.2 Å². The summed E-state index contributed by atoms with van der Waals surface area (Å²) in [6, 6.07) is 12.3. The number of carbonyl (C=O) groups is 1. The predicted octanol–water partition coefficient (Wildman–Crippen LogP) is 4.28. The minimum Gasteiger partial charge on any atom is -0.335 e. The van der Waals surface area contributed by atoms with Crippen LogP contribution in [0, 0.1) is 0 Å². The zero-order chi connectivity index (χ0) is 15.1. The summed E-state index contributed by atoms with van der Waals surface area (Å²) in [6.45, 7) is 1.55. The lowest BCUT2D eigenvalue weighted by Gasteiger charge is -2.05. The Bertz CT molecular complexity index is 963. The van der Waals surface area contributed by atoms with Gasteiger partial charge in [0.2, 0.25) is 0 Å². The van der Waals surface area contributed by atoms with E-state index >= 15 is 0 Å². The van der Waals surface area contributed by atoms with E-state index < -0.39 is 0 Å². The van der Waals surface area contributed by atoms with Crippen LogP contribution in [0.25, 0.3) is 28.0 Å². The predicted molar refractivity (Wildman–Crippen MR) is 88.7 cm³/mol. The van der Waals surface area contributed by atoms with E-state index in [-0.39, 0.29) is 5.78 Å². The molecule has 0 unspecified atom stereocenters. The molecule has 5 heteroatoms. The second-order valence-corrected chi connectivity index (χ2v) is 5.93. The molecule has 22 heavy (non-hydrogen) atoms. The van der Waals surface area contributed by atoms with Gasteiger partial charge in [0.05, 0.1) is 11.2 Å². The monoisotopic (exact) mass is 307 g/mol. The topological polar surface area (TPSA) is 50.7 Å². The maximum Gasteiger partial charge on any atom is 0.176 e. The Kier molecular flexibility index (Phi) is 2.94. The van der Waals surface area contributed by atoms with Gasteiger partial charge in [-0.3, -0.25) is 9.36 Å². The number of nitrogens with zero attached hydrogens (tertiary/aromatic N) is 2. The minimum atomic E-state index is 0.0107. The van der Waals surface area contributed by atoms with Crippen molar-refractivity contribution < 1.29 is 4.79 Å². The van der Waals surface area contributed by atoms with Gasteiger partial charge in [-0.15, -0.1) is 0 Å².